The number of carbonyl (C=O) groups is 2. The summed E-state index contributed by atoms with van der Waals surface area (Å²) in [6.45, 7) is -0.682. The molecule has 1 aromatic rings. The first-order valence-electron chi connectivity index (χ1n) is 5.49. The van der Waals surface area contributed by atoms with Crippen LogP contribution in [0.25, 0.3) is 0 Å². The molecule has 0 heterocycles. The maximum atomic E-state index is 12.2. The largest absolute Gasteiger partial charge is 0.390 e. The molecule has 0 aliphatic carbocycles. The number of rotatable bonds is 4. The van der Waals surface area contributed by atoms with E-state index in [0.717, 1.165) is 4.90 Å². The van der Waals surface area contributed by atoms with Crippen LogP contribution in [-0.2, 0) is 16.1 Å². The van der Waals surface area contributed by atoms with E-state index in [1.165, 1.54) is 0 Å². The van der Waals surface area contributed by atoms with Gasteiger partial charge in [-0.3, -0.25) is 9.59 Å². The number of nitrogens with zero attached hydrogens (tertiary/aromatic N) is 1. The topological polar surface area (TPSA) is 63.4 Å². The summed E-state index contributed by atoms with van der Waals surface area (Å²) in [4.78, 5) is 23.1. The van der Waals surface area contributed by atoms with Gasteiger partial charge in [-0.25, -0.2) is 0 Å². The molecule has 2 N–H and O–H groups in total. The van der Waals surface area contributed by atoms with Gasteiger partial charge in [-0.2, -0.15) is 13.2 Å². The highest BCUT2D eigenvalue weighted by molar-refractivity contribution is 6.34. The Bertz CT molecular complexity index is 446. The quantitative estimate of drug-likeness (QED) is 0.845. The molecule has 0 radical (unpaired) electrons. The van der Waals surface area contributed by atoms with Gasteiger partial charge in [0.05, 0.1) is 6.42 Å². The van der Waals surface area contributed by atoms with E-state index in [4.69, 9.17) is 5.73 Å². The third kappa shape index (κ3) is 5.41. The summed E-state index contributed by atoms with van der Waals surface area (Å²) in [6.07, 6.45) is -5.58. The van der Waals surface area contributed by atoms with Crippen molar-refractivity contribution in [1.29, 1.82) is 0 Å². The minimum Gasteiger partial charge on any atom is -0.361 e. The van der Waals surface area contributed by atoms with Gasteiger partial charge in [-0.1, -0.05) is 30.3 Å². The minimum atomic E-state index is -4.40. The second-order valence-electron chi connectivity index (χ2n) is 3.94. The van der Waals surface area contributed by atoms with Crippen LogP contribution in [0.15, 0.2) is 30.3 Å². The summed E-state index contributed by atoms with van der Waals surface area (Å²) < 4.78 is 36.5. The van der Waals surface area contributed by atoms with Crippen molar-refractivity contribution in [3.8, 4) is 0 Å². The van der Waals surface area contributed by atoms with E-state index in [1.54, 1.807) is 30.3 Å². The Morgan fingerprint density at radius 1 is 1.16 bits per heavy atom. The van der Waals surface area contributed by atoms with E-state index >= 15 is 0 Å². The van der Waals surface area contributed by atoms with Crippen molar-refractivity contribution in [2.75, 3.05) is 6.54 Å². The molecule has 104 valence electrons. The summed E-state index contributed by atoms with van der Waals surface area (Å²) in [6, 6.07) is 8.40. The van der Waals surface area contributed by atoms with E-state index in [2.05, 4.69) is 0 Å². The molecule has 0 bridgehead atoms. The van der Waals surface area contributed by atoms with Crippen molar-refractivity contribution in [1.82, 2.24) is 4.90 Å². The van der Waals surface area contributed by atoms with Gasteiger partial charge in [0, 0.05) is 13.1 Å². The van der Waals surface area contributed by atoms with E-state index in [1.807, 2.05) is 0 Å². The lowest BCUT2D eigenvalue weighted by Gasteiger charge is -2.21. The SMILES string of the molecule is NC(=O)C(=O)N(CCC(F)(F)F)Cc1ccccc1. The molecule has 0 spiro atoms. The first-order chi connectivity index (χ1) is 8.79. The molecule has 0 saturated heterocycles. The van der Waals surface area contributed by atoms with E-state index in [9.17, 15) is 22.8 Å². The van der Waals surface area contributed by atoms with Crippen LogP contribution in [0, 0.1) is 0 Å². The fraction of sp³-hybridized carbons (Fsp3) is 0.333. The average molecular weight is 274 g/mol. The maximum absolute atomic E-state index is 12.2. The fourth-order valence-corrected chi connectivity index (χ4v) is 1.47. The Balaban J connectivity index is 2.75. The molecule has 0 aliphatic heterocycles. The summed E-state index contributed by atoms with van der Waals surface area (Å²) >= 11 is 0. The van der Waals surface area contributed by atoms with Crippen LogP contribution in [0.4, 0.5) is 13.2 Å². The normalized spacial score (nSPS) is 11.1. The van der Waals surface area contributed by atoms with E-state index in [0.29, 0.717) is 5.56 Å². The summed E-state index contributed by atoms with van der Waals surface area (Å²) in [5, 5.41) is 0. The van der Waals surface area contributed by atoms with E-state index in [-0.39, 0.29) is 6.54 Å². The molecule has 0 aromatic heterocycles. The number of alkyl halides is 3. The molecule has 2 amide bonds. The van der Waals surface area contributed by atoms with Crippen LogP contribution < -0.4 is 5.73 Å². The predicted molar refractivity (Wildman–Crippen MR) is 61.7 cm³/mol. The van der Waals surface area contributed by atoms with E-state index < -0.39 is 31.0 Å². The molecule has 0 unspecified atom stereocenters. The Labute approximate surface area is 108 Å². The molecule has 1 rings (SSSR count). The molecule has 1 aromatic carbocycles. The Morgan fingerprint density at radius 3 is 2.21 bits per heavy atom. The fourth-order valence-electron chi connectivity index (χ4n) is 1.47. The number of primary amides is 1. The number of carbonyl (C=O) groups excluding carboxylic acids is 2. The summed E-state index contributed by atoms with van der Waals surface area (Å²) in [5.74, 6) is -2.38. The molecular formula is C12H13F3N2O2. The number of halogens is 3. The second kappa shape index (κ2) is 6.21. The highest BCUT2D eigenvalue weighted by Crippen LogP contribution is 2.20. The van der Waals surface area contributed by atoms with Gasteiger partial charge in [-0.15, -0.1) is 0 Å². The monoisotopic (exact) mass is 274 g/mol. The molecule has 0 aliphatic rings. The lowest BCUT2D eigenvalue weighted by molar-refractivity contribution is -0.151. The predicted octanol–water partition coefficient (Wildman–Crippen LogP) is 1.45. The zero-order valence-electron chi connectivity index (χ0n) is 9.98. The Hall–Kier alpha value is -2.05. The van der Waals surface area contributed by atoms with Crippen molar-refractivity contribution >= 4 is 11.8 Å². The van der Waals surface area contributed by atoms with Crippen LogP contribution in [0.1, 0.15) is 12.0 Å². The molecule has 0 atom stereocenters. The third-order valence-corrected chi connectivity index (χ3v) is 2.38. The molecule has 19 heavy (non-hydrogen) atoms. The summed E-state index contributed by atoms with van der Waals surface area (Å²) in [5.41, 5.74) is 5.44. The number of benzene rings is 1. The first-order valence-corrected chi connectivity index (χ1v) is 5.49. The standard InChI is InChI=1S/C12H13F3N2O2/c13-12(14,15)6-7-17(11(19)10(16)18)8-9-4-2-1-3-5-9/h1-5H,6-8H2,(H2,16,18). The lowest BCUT2D eigenvalue weighted by atomic mass is 10.2. The Morgan fingerprint density at radius 2 is 1.74 bits per heavy atom. The average Bonchev–Trinajstić information content (AvgIpc) is 2.33. The van der Waals surface area contributed by atoms with Crippen molar-refractivity contribution in [2.45, 2.75) is 19.1 Å². The number of amides is 2. The zero-order chi connectivity index (χ0) is 14.5. The summed E-state index contributed by atoms with van der Waals surface area (Å²) in [7, 11) is 0. The third-order valence-electron chi connectivity index (χ3n) is 2.38. The van der Waals surface area contributed by atoms with Crippen molar-refractivity contribution in [3.05, 3.63) is 35.9 Å². The van der Waals surface area contributed by atoms with Gasteiger partial charge in [0.25, 0.3) is 0 Å². The highest BCUT2D eigenvalue weighted by Gasteiger charge is 2.30. The first kappa shape index (κ1) is 15.0. The van der Waals surface area contributed by atoms with Crippen LogP contribution in [0.5, 0.6) is 0 Å². The zero-order valence-corrected chi connectivity index (χ0v) is 9.98. The van der Waals surface area contributed by atoms with Gasteiger partial charge in [0.15, 0.2) is 0 Å². The minimum absolute atomic E-state index is 0.0846. The maximum Gasteiger partial charge on any atom is 0.390 e. The molecule has 0 saturated carbocycles. The molecule has 4 nitrogen and oxygen atoms in total. The van der Waals surface area contributed by atoms with Crippen LogP contribution in [0.2, 0.25) is 0 Å². The van der Waals surface area contributed by atoms with Gasteiger partial charge in [0.1, 0.15) is 0 Å². The van der Waals surface area contributed by atoms with Gasteiger partial charge in [0.2, 0.25) is 0 Å². The Kier molecular flexibility index (Phi) is 4.91. The molecular weight excluding hydrogens is 261 g/mol. The number of hydrogen-bond donors (Lipinski definition) is 1. The van der Waals surface area contributed by atoms with Crippen molar-refractivity contribution in [2.24, 2.45) is 5.73 Å². The van der Waals surface area contributed by atoms with Gasteiger partial charge >= 0.3 is 18.0 Å². The molecule has 7 heteroatoms. The molecule has 0 fully saturated rings. The van der Waals surface area contributed by atoms with Crippen LogP contribution in [-0.4, -0.2) is 29.4 Å². The number of nitrogens with two attached hydrogens (primary N) is 1. The van der Waals surface area contributed by atoms with Crippen molar-refractivity contribution < 1.29 is 22.8 Å². The lowest BCUT2D eigenvalue weighted by Crippen LogP contribution is -2.41. The second-order valence-corrected chi connectivity index (χ2v) is 3.94. The van der Waals surface area contributed by atoms with Crippen LogP contribution in [0.3, 0.4) is 0 Å². The highest BCUT2D eigenvalue weighted by atomic mass is 19.4. The number of hydrogen-bond acceptors (Lipinski definition) is 2. The van der Waals surface area contributed by atoms with Crippen LogP contribution >= 0.6 is 0 Å². The van der Waals surface area contributed by atoms with Crippen molar-refractivity contribution in [3.63, 3.8) is 0 Å². The van der Waals surface area contributed by atoms with Gasteiger partial charge in [-0.05, 0) is 5.56 Å². The smallest absolute Gasteiger partial charge is 0.361 e. The van der Waals surface area contributed by atoms with Gasteiger partial charge < -0.3 is 10.6 Å².